The SMILES string of the molecule is NNCCC1(CF)CNC(=O)OC1. The third kappa shape index (κ3) is 2.53. The topological polar surface area (TPSA) is 76.4 Å². The highest BCUT2D eigenvalue weighted by Crippen LogP contribution is 2.24. The number of amides is 1. The molecule has 1 fully saturated rings. The van der Waals surface area contributed by atoms with Crippen LogP contribution in [-0.2, 0) is 4.74 Å². The fourth-order valence-corrected chi connectivity index (χ4v) is 1.23. The Balaban J connectivity index is 2.44. The minimum Gasteiger partial charge on any atom is -0.449 e. The van der Waals surface area contributed by atoms with E-state index in [2.05, 4.69) is 10.7 Å². The maximum absolute atomic E-state index is 12.7. The molecule has 1 atom stereocenters. The molecule has 0 bridgehead atoms. The van der Waals surface area contributed by atoms with Crippen LogP contribution in [0.4, 0.5) is 9.18 Å². The summed E-state index contributed by atoms with van der Waals surface area (Å²) in [5.41, 5.74) is 1.84. The van der Waals surface area contributed by atoms with Gasteiger partial charge in [0.25, 0.3) is 0 Å². The van der Waals surface area contributed by atoms with E-state index in [4.69, 9.17) is 10.6 Å². The number of halogens is 1. The fraction of sp³-hybridized carbons (Fsp3) is 0.857. The first-order valence-corrected chi connectivity index (χ1v) is 4.12. The maximum Gasteiger partial charge on any atom is 0.407 e. The van der Waals surface area contributed by atoms with Crippen LogP contribution in [0.2, 0.25) is 0 Å². The molecule has 0 aromatic heterocycles. The Morgan fingerprint density at radius 2 is 2.54 bits per heavy atom. The van der Waals surface area contributed by atoms with E-state index in [-0.39, 0.29) is 6.61 Å². The normalized spacial score (nSPS) is 28.0. The number of hydrogen-bond donors (Lipinski definition) is 3. The van der Waals surface area contributed by atoms with E-state index in [0.29, 0.717) is 19.5 Å². The van der Waals surface area contributed by atoms with Gasteiger partial charge in [0.1, 0.15) is 13.3 Å². The summed E-state index contributed by atoms with van der Waals surface area (Å²) in [7, 11) is 0. The van der Waals surface area contributed by atoms with Gasteiger partial charge in [-0.1, -0.05) is 0 Å². The molecule has 1 heterocycles. The van der Waals surface area contributed by atoms with Gasteiger partial charge < -0.3 is 10.1 Å². The predicted molar refractivity (Wildman–Crippen MR) is 44.6 cm³/mol. The first kappa shape index (κ1) is 10.2. The van der Waals surface area contributed by atoms with Crippen LogP contribution in [0.1, 0.15) is 6.42 Å². The number of carbonyl (C=O) groups is 1. The molecule has 4 N–H and O–H groups in total. The Morgan fingerprint density at radius 1 is 1.77 bits per heavy atom. The molecule has 6 heteroatoms. The zero-order valence-electron chi connectivity index (χ0n) is 7.31. The summed E-state index contributed by atoms with van der Waals surface area (Å²) in [6.45, 7) is 0.416. The van der Waals surface area contributed by atoms with Crippen molar-refractivity contribution in [2.75, 3.05) is 26.4 Å². The molecule has 0 aliphatic carbocycles. The molecular weight excluding hydrogens is 177 g/mol. The number of nitrogens with one attached hydrogen (secondary N) is 2. The van der Waals surface area contributed by atoms with Gasteiger partial charge in [0, 0.05) is 13.1 Å². The monoisotopic (exact) mass is 191 g/mol. The second-order valence-electron chi connectivity index (χ2n) is 3.27. The Bertz CT molecular complexity index is 179. The highest BCUT2D eigenvalue weighted by Gasteiger charge is 2.35. The van der Waals surface area contributed by atoms with E-state index >= 15 is 0 Å². The van der Waals surface area contributed by atoms with Crippen LogP contribution >= 0.6 is 0 Å². The molecule has 13 heavy (non-hydrogen) atoms. The Morgan fingerprint density at radius 3 is 3.00 bits per heavy atom. The standard InChI is InChI=1S/C7H14FN3O2/c8-3-7(1-2-11-9)4-10-6(12)13-5-7/h11H,1-5,9H2,(H,10,12). The van der Waals surface area contributed by atoms with Gasteiger partial charge in [-0.15, -0.1) is 0 Å². The smallest absolute Gasteiger partial charge is 0.407 e. The van der Waals surface area contributed by atoms with Crippen LogP contribution in [0.5, 0.6) is 0 Å². The quantitative estimate of drug-likeness (QED) is 0.415. The van der Waals surface area contributed by atoms with Crippen molar-refractivity contribution in [1.29, 1.82) is 0 Å². The number of nitrogens with two attached hydrogens (primary N) is 1. The lowest BCUT2D eigenvalue weighted by Gasteiger charge is -2.34. The molecule has 1 unspecified atom stereocenters. The van der Waals surface area contributed by atoms with Crippen molar-refractivity contribution in [3.05, 3.63) is 0 Å². The lowest BCUT2D eigenvalue weighted by molar-refractivity contribution is 0.0295. The molecular formula is C7H14FN3O2. The van der Waals surface area contributed by atoms with Gasteiger partial charge >= 0.3 is 6.09 Å². The number of rotatable bonds is 4. The number of alkyl carbamates (subject to hydrolysis) is 1. The Kier molecular flexibility index (Phi) is 3.44. The van der Waals surface area contributed by atoms with E-state index in [9.17, 15) is 9.18 Å². The average molecular weight is 191 g/mol. The molecule has 1 aliphatic heterocycles. The third-order valence-corrected chi connectivity index (χ3v) is 2.20. The van der Waals surface area contributed by atoms with Crippen LogP contribution in [0.25, 0.3) is 0 Å². The van der Waals surface area contributed by atoms with Crippen LogP contribution < -0.4 is 16.6 Å². The highest BCUT2D eigenvalue weighted by molar-refractivity contribution is 5.68. The van der Waals surface area contributed by atoms with E-state index in [1.807, 2.05) is 0 Å². The van der Waals surface area contributed by atoms with Crippen molar-refractivity contribution in [3.8, 4) is 0 Å². The number of cyclic esters (lactones) is 1. The molecule has 0 aromatic rings. The van der Waals surface area contributed by atoms with E-state index in [1.54, 1.807) is 0 Å². The molecule has 0 radical (unpaired) electrons. The highest BCUT2D eigenvalue weighted by atomic mass is 19.1. The summed E-state index contributed by atoms with van der Waals surface area (Å²) in [6.07, 6.45) is 0.0603. The maximum atomic E-state index is 12.7. The lowest BCUT2D eigenvalue weighted by atomic mass is 9.86. The Labute approximate surface area is 75.8 Å². The third-order valence-electron chi connectivity index (χ3n) is 2.20. The van der Waals surface area contributed by atoms with Crippen molar-refractivity contribution in [3.63, 3.8) is 0 Å². The molecule has 1 amide bonds. The van der Waals surface area contributed by atoms with Gasteiger partial charge in [-0.05, 0) is 6.42 Å². The van der Waals surface area contributed by atoms with Gasteiger partial charge in [-0.2, -0.15) is 0 Å². The number of hydrogen-bond acceptors (Lipinski definition) is 4. The van der Waals surface area contributed by atoms with Crippen molar-refractivity contribution in [2.24, 2.45) is 11.3 Å². The van der Waals surface area contributed by atoms with Crippen molar-refractivity contribution in [1.82, 2.24) is 10.7 Å². The molecule has 0 aromatic carbocycles. The van der Waals surface area contributed by atoms with Gasteiger partial charge in [-0.3, -0.25) is 15.7 Å². The first-order valence-electron chi connectivity index (χ1n) is 4.12. The number of carbonyl (C=O) groups excluding carboxylic acids is 1. The summed E-state index contributed by atoms with van der Waals surface area (Å²) in [4.78, 5) is 10.6. The summed E-state index contributed by atoms with van der Waals surface area (Å²) >= 11 is 0. The summed E-state index contributed by atoms with van der Waals surface area (Å²) < 4.78 is 17.4. The molecule has 5 nitrogen and oxygen atoms in total. The molecule has 1 aliphatic rings. The summed E-state index contributed by atoms with van der Waals surface area (Å²) in [5, 5.41) is 2.46. The van der Waals surface area contributed by atoms with Crippen LogP contribution in [0.15, 0.2) is 0 Å². The molecule has 0 saturated carbocycles. The van der Waals surface area contributed by atoms with E-state index in [0.717, 1.165) is 0 Å². The lowest BCUT2D eigenvalue weighted by Crippen LogP contribution is -2.50. The minimum absolute atomic E-state index is 0.122. The van der Waals surface area contributed by atoms with Crippen molar-refractivity contribution < 1.29 is 13.9 Å². The van der Waals surface area contributed by atoms with Gasteiger partial charge in [0.2, 0.25) is 0 Å². The second kappa shape index (κ2) is 4.38. The number of alkyl halides is 1. The second-order valence-corrected chi connectivity index (χ2v) is 3.27. The van der Waals surface area contributed by atoms with Gasteiger partial charge in [-0.25, -0.2) is 4.79 Å². The average Bonchev–Trinajstić information content (AvgIpc) is 2.18. The van der Waals surface area contributed by atoms with Gasteiger partial charge in [0.15, 0.2) is 0 Å². The molecule has 76 valence electrons. The molecule has 0 spiro atoms. The van der Waals surface area contributed by atoms with Crippen molar-refractivity contribution in [2.45, 2.75) is 6.42 Å². The molecule has 1 saturated heterocycles. The number of ether oxygens (including phenoxy) is 1. The Hall–Kier alpha value is -0.880. The van der Waals surface area contributed by atoms with Gasteiger partial charge in [0.05, 0.1) is 5.41 Å². The summed E-state index contributed by atoms with van der Waals surface area (Å²) in [6, 6.07) is 0. The van der Waals surface area contributed by atoms with Crippen LogP contribution in [0, 0.1) is 5.41 Å². The largest absolute Gasteiger partial charge is 0.449 e. The van der Waals surface area contributed by atoms with Crippen LogP contribution in [0.3, 0.4) is 0 Å². The predicted octanol–water partition coefficient (Wildman–Crippen LogP) is -0.465. The molecule has 1 rings (SSSR count). The first-order chi connectivity index (χ1) is 6.22. The zero-order valence-corrected chi connectivity index (χ0v) is 7.31. The zero-order chi connectivity index (χ0) is 9.73. The van der Waals surface area contributed by atoms with Crippen molar-refractivity contribution >= 4 is 6.09 Å². The fourth-order valence-electron chi connectivity index (χ4n) is 1.23. The number of hydrazine groups is 1. The minimum atomic E-state index is -0.611. The van der Waals surface area contributed by atoms with Crippen LogP contribution in [-0.4, -0.2) is 32.5 Å². The summed E-state index contributed by atoms with van der Waals surface area (Å²) in [5.74, 6) is 5.09. The van der Waals surface area contributed by atoms with E-state index in [1.165, 1.54) is 0 Å². The van der Waals surface area contributed by atoms with E-state index < -0.39 is 18.2 Å².